The van der Waals surface area contributed by atoms with Gasteiger partial charge >= 0.3 is 6.03 Å². The molecule has 0 spiro atoms. The molecule has 0 atom stereocenters. The average molecular weight is 388 g/mol. The van der Waals surface area contributed by atoms with Crippen molar-refractivity contribution >= 4 is 33.3 Å². The Morgan fingerprint density at radius 3 is 2.25 bits per heavy atom. The van der Waals surface area contributed by atoms with E-state index in [2.05, 4.69) is 44.3 Å². The number of piperazine rings is 1. The summed E-state index contributed by atoms with van der Waals surface area (Å²) in [4.78, 5) is 16.7. The van der Waals surface area contributed by atoms with Gasteiger partial charge in [0.05, 0.1) is 5.69 Å². The smallest absolute Gasteiger partial charge is 0.321 e. The van der Waals surface area contributed by atoms with E-state index in [1.54, 1.807) is 0 Å². The zero-order chi connectivity index (χ0) is 17.1. The molecular weight excluding hydrogens is 366 g/mol. The van der Waals surface area contributed by atoms with Crippen molar-refractivity contribution in [2.75, 3.05) is 36.4 Å². The highest BCUT2D eigenvalue weighted by molar-refractivity contribution is 9.10. The van der Waals surface area contributed by atoms with Crippen LogP contribution in [0, 0.1) is 13.8 Å². The molecule has 1 heterocycles. The second-order valence-corrected chi connectivity index (χ2v) is 7.09. The summed E-state index contributed by atoms with van der Waals surface area (Å²) in [7, 11) is 0. The van der Waals surface area contributed by atoms with E-state index in [4.69, 9.17) is 0 Å². The van der Waals surface area contributed by atoms with Crippen molar-refractivity contribution in [2.45, 2.75) is 13.8 Å². The Bertz CT molecular complexity index is 719. The Kier molecular flexibility index (Phi) is 5.09. The largest absolute Gasteiger partial charge is 0.367 e. The lowest BCUT2D eigenvalue weighted by Gasteiger charge is -2.36. The van der Waals surface area contributed by atoms with Gasteiger partial charge in [-0.2, -0.15) is 0 Å². The van der Waals surface area contributed by atoms with Crippen LogP contribution in [0.5, 0.6) is 0 Å². The number of nitrogens with one attached hydrogen (secondary N) is 1. The van der Waals surface area contributed by atoms with Crippen LogP contribution in [0.2, 0.25) is 0 Å². The number of benzene rings is 2. The second-order valence-electron chi connectivity index (χ2n) is 6.23. The summed E-state index contributed by atoms with van der Waals surface area (Å²) in [6.45, 7) is 7.19. The van der Waals surface area contributed by atoms with Crippen molar-refractivity contribution in [3.8, 4) is 0 Å². The maximum Gasteiger partial charge on any atom is 0.321 e. The summed E-state index contributed by atoms with van der Waals surface area (Å²) < 4.78 is 1.10. The van der Waals surface area contributed by atoms with E-state index in [1.165, 1.54) is 5.69 Å². The monoisotopic (exact) mass is 387 g/mol. The molecule has 0 aliphatic carbocycles. The number of hydrogen-bond acceptors (Lipinski definition) is 2. The van der Waals surface area contributed by atoms with E-state index in [9.17, 15) is 4.79 Å². The van der Waals surface area contributed by atoms with Gasteiger partial charge in [0.25, 0.3) is 0 Å². The van der Waals surface area contributed by atoms with Crippen LogP contribution in [0.25, 0.3) is 0 Å². The third-order valence-corrected chi connectivity index (χ3v) is 4.90. The first-order valence-electron chi connectivity index (χ1n) is 8.16. The van der Waals surface area contributed by atoms with Gasteiger partial charge in [0.1, 0.15) is 0 Å². The number of para-hydroxylation sites is 1. The molecule has 1 aliphatic heterocycles. The number of urea groups is 1. The summed E-state index contributed by atoms with van der Waals surface area (Å²) in [5.74, 6) is 0. The van der Waals surface area contributed by atoms with Crippen LogP contribution in [-0.2, 0) is 0 Å². The highest BCUT2D eigenvalue weighted by Crippen LogP contribution is 2.26. The first-order valence-corrected chi connectivity index (χ1v) is 8.96. The van der Waals surface area contributed by atoms with Crippen LogP contribution in [-0.4, -0.2) is 37.1 Å². The van der Waals surface area contributed by atoms with Gasteiger partial charge in [0.2, 0.25) is 0 Å². The van der Waals surface area contributed by atoms with Crippen molar-refractivity contribution < 1.29 is 4.79 Å². The molecule has 0 unspecified atom stereocenters. The van der Waals surface area contributed by atoms with Gasteiger partial charge in [-0.15, -0.1) is 0 Å². The lowest BCUT2D eigenvalue weighted by Crippen LogP contribution is -2.50. The van der Waals surface area contributed by atoms with Crippen LogP contribution in [0.15, 0.2) is 46.9 Å². The molecule has 0 bridgehead atoms. The molecular formula is C19H22BrN3O. The number of hydrogen-bond donors (Lipinski definition) is 1. The zero-order valence-electron chi connectivity index (χ0n) is 14.1. The van der Waals surface area contributed by atoms with Crippen molar-refractivity contribution in [1.29, 1.82) is 0 Å². The number of halogens is 1. The standard InChI is InChI=1S/C19H22BrN3O/c1-14-11-15(2)13-16(12-14)21-19(24)23-9-7-22(8-10-23)18-6-4-3-5-17(18)20/h3-6,11-13H,7-10H2,1-2H3,(H,21,24). The lowest BCUT2D eigenvalue weighted by atomic mass is 10.1. The van der Waals surface area contributed by atoms with Gasteiger partial charge in [-0.3, -0.25) is 0 Å². The predicted molar refractivity (Wildman–Crippen MR) is 103 cm³/mol. The molecule has 1 aliphatic rings. The number of anilines is 2. The van der Waals surface area contributed by atoms with Gasteiger partial charge in [0, 0.05) is 36.3 Å². The van der Waals surface area contributed by atoms with E-state index in [0.29, 0.717) is 0 Å². The first-order chi connectivity index (χ1) is 11.5. The molecule has 1 fully saturated rings. The molecule has 0 aromatic heterocycles. The molecule has 3 rings (SSSR count). The van der Waals surface area contributed by atoms with E-state index < -0.39 is 0 Å². The Balaban J connectivity index is 1.60. The molecule has 126 valence electrons. The van der Waals surface area contributed by atoms with E-state index in [-0.39, 0.29) is 6.03 Å². The van der Waals surface area contributed by atoms with Crippen molar-refractivity contribution in [2.24, 2.45) is 0 Å². The SMILES string of the molecule is Cc1cc(C)cc(NC(=O)N2CCN(c3ccccc3Br)CC2)c1. The Morgan fingerprint density at radius 2 is 1.62 bits per heavy atom. The summed E-state index contributed by atoms with van der Waals surface area (Å²) in [5.41, 5.74) is 4.37. The number of amides is 2. The van der Waals surface area contributed by atoms with E-state index in [1.807, 2.05) is 43.0 Å². The molecule has 1 saturated heterocycles. The van der Waals surface area contributed by atoms with E-state index in [0.717, 1.165) is 47.5 Å². The topological polar surface area (TPSA) is 35.6 Å². The third-order valence-electron chi connectivity index (χ3n) is 4.23. The third kappa shape index (κ3) is 3.90. The van der Waals surface area contributed by atoms with Crippen molar-refractivity contribution in [1.82, 2.24) is 4.90 Å². The quantitative estimate of drug-likeness (QED) is 0.827. The van der Waals surface area contributed by atoms with Crippen LogP contribution in [0.1, 0.15) is 11.1 Å². The summed E-state index contributed by atoms with van der Waals surface area (Å²) in [6.07, 6.45) is 0. The Morgan fingerprint density at radius 1 is 1.00 bits per heavy atom. The minimum atomic E-state index is -0.0215. The summed E-state index contributed by atoms with van der Waals surface area (Å²) in [6, 6.07) is 14.3. The summed E-state index contributed by atoms with van der Waals surface area (Å²) in [5, 5.41) is 3.02. The minimum absolute atomic E-state index is 0.0215. The van der Waals surface area contributed by atoms with Crippen LogP contribution < -0.4 is 10.2 Å². The molecule has 2 amide bonds. The number of carbonyl (C=O) groups excluding carboxylic acids is 1. The van der Waals surface area contributed by atoms with Crippen molar-refractivity contribution in [3.05, 3.63) is 58.1 Å². The fourth-order valence-corrected chi connectivity index (χ4v) is 3.64. The van der Waals surface area contributed by atoms with Crippen molar-refractivity contribution in [3.63, 3.8) is 0 Å². The molecule has 2 aromatic rings. The first kappa shape index (κ1) is 16.8. The number of nitrogens with zero attached hydrogens (tertiary/aromatic N) is 2. The van der Waals surface area contributed by atoms with Gasteiger partial charge in [-0.05, 0) is 65.2 Å². The minimum Gasteiger partial charge on any atom is -0.367 e. The van der Waals surface area contributed by atoms with Crippen LogP contribution >= 0.6 is 15.9 Å². The summed E-state index contributed by atoms with van der Waals surface area (Å²) >= 11 is 3.60. The van der Waals surface area contributed by atoms with E-state index >= 15 is 0 Å². The molecule has 5 heteroatoms. The molecule has 2 aromatic carbocycles. The predicted octanol–water partition coefficient (Wildman–Crippen LogP) is 4.42. The van der Waals surface area contributed by atoms with Crippen LogP contribution in [0.4, 0.5) is 16.2 Å². The molecule has 4 nitrogen and oxygen atoms in total. The van der Waals surface area contributed by atoms with Gasteiger partial charge in [-0.1, -0.05) is 18.2 Å². The molecule has 0 saturated carbocycles. The fourth-order valence-electron chi connectivity index (χ4n) is 3.11. The van der Waals surface area contributed by atoms with Gasteiger partial charge in [-0.25, -0.2) is 4.79 Å². The molecule has 24 heavy (non-hydrogen) atoms. The number of aryl methyl sites for hydroxylation is 2. The highest BCUT2D eigenvalue weighted by atomic mass is 79.9. The number of carbonyl (C=O) groups is 1. The Labute approximate surface area is 151 Å². The lowest BCUT2D eigenvalue weighted by molar-refractivity contribution is 0.208. The highest BCUT2D eigenvalue weighted by Gasteiger charge is 2.22. The maximum absolute atomic E-state index is 12.5. The fraction of sp³-hybridized carbons (Fsp3) is 0.316. The van der Waals surface area contributed by atoms with Crippen LogP contribution in [0.3, 0.4) is 0 Å². The zero-order valence-corrected chi connectivity index (χ0v) is 15.6. The number of rotatable bonds is 2. The maximum atomic E-state index is 12.5. The molecule has 0 radical (unpaired) electrons. The van der Waals surface area contributed by atoms with Gasteiger partial charge < -0.3 is 15.1 Å². The normalized spacial score (nSPS) is 14.6. The van der Waals surface area contributed by atoms with Gasteiger partial charge in [0.15, 0.2) is 0 Å². The second kappa shape index (κ2) is 7.26. The Hall–Kier alpha value is -2.01. The average Bonchev–Trinajstić information content (AvgIpc) is 2.54. The molecule has 1 N–H and O–H groups in total.